The summed E-state index contributed by atoms with van der Waals surface area (Å²) in [5.41, 5.74) is 2.67. The van der Waals surface area contributed by atoms with Crippen molar-refractivity contribution in [1.82, 2.24) is 19.7 Å². The summed E-state index contributed by atoms with van der Waals surface area (Å²) >= 11 is 0. The maximum atomic E-state index is 5.46. The molecule has 0 amide bonds. The van der Waals surface area contributed by atoms with Crippen molar-refractivity contribution in [2.45, 2.75) is 26.8 Å². The Bertz CT molecular complexity index is 958. The molecule has 27 heavy (non-hydrogen) atoms. The van der Waals surface area contributed by atoms with E-state index in [1.807, 2.05) is 33.0 Å². The van der Waals surface area contributed by atoms with Crippen LogP contribution >= 0.6 is 0 Å². The minimum atomic E-state index is -0.0594. The quantitative estimate of drug-likeness (QED) is 0.712. The number of methoxy groups -OCH3 is 3. The summed E-state index contributed by atoms with van der Waals surface area (Å²) in [6.07, 6.45) is 0. The fraction of sp³-hybridized carbons (Fsp3) is 0.421. The van der Waals surface area contributed by atoms with Crippen molar-refractivity contribution in [2.75, 3.05) is 26.6 Å². The molecule has 3 aromatic rings. The molecule has 0 unspecified atom stereocenters. The van der Waals surface area contributed by atoms with Gasteiger partial charge in [0.15, 0.2) is 17.1 Å². The van der Waals surface area contributed by atoms with Gasteiger partial charge in [-0.15, -0.1) is 0 Å². The number of ether oxygens (including phenoxy) is 3. The molecule has 3 rings (SSSR count). The molecule has 8 nitrogen and oxygen atoms in total. The number of nitrogens with zero attached hydrogens (tertiary/aromatic N) is 4. The molecule has 2 heterocycles. The smallest absolute Gasteiger partial charge is 0.203 e. The van der Waals surface area contributed by atoms with Crippen molar-refractivity contribution in [1.29, 1.82) is 0 Å². The first-order valence-corrected chi connectivity index (χ1v) is 8.64. The molecule has 0 spiro atoms. The second-order valence-electron chi connectivity index (χ2n) is 6.35. The zero-order valence-corrected chi connectivity index (χ0v) is 16.7. The predicted octanol–water partition coefficient (Wildman–Crippen LogP) is 3.18. The van der Waals surface area contributed by atoms with E-state index in [1.165, 1.54) is 0 Å². The van der Waals surface area contributed by atoms with Gasteiger partial charge in [0, 0.05) is 7.05 Å². The third-order valence-electron chi connectivity index (χ3n) is 4.51. The molecule has 1 aromatic carbocycles. The lowest BCUT2D eigenvalue weighted by Gasteiger charge is -2.19. The van der Waals surface area contributed by atoms with Gasteiger partial charge in [-0.3, -0.25) is 4.68 Å². The first-order chi connectivity index (χ1) is 12.9. The monoisotopic (exact) mass is 371 g/mol. The van der Waals surface area contributed by atoms with E-state index >= 15 is 0 Å². The number of fused-ring (bicyclic) bond motifs is 1. The Balaban J connectivity index is 2.04. The number of aromatic nitrogens is 4. The third-order valence-corrected chi connectivity index (χ3v) is 4.51. The summed E-state index contributed by atoms with van der Waals surface area (Å²) in [5, 5.41) is 8.87. The lowest BCUT2D eigenvalue weighted by molar-refractivity contribution is 0.323. The molecule has 0 aliphatic rings. The normalized spacial score (nSPS) is 12.1. The van der Waals surface area contributed by atoms with E-state index in [1.54, 1.807) is 26.0 Å². The Kier molecular flexibility index (Phi) is 5.07. The highest BCUT2D eigenvalue weighted by Crippen LogP contribution is 2.40. The highest BCUT2D eigenvalue weighted by molar-refractivity contribution is 5.89. The Hall–Kier alpha value is -3.03. The first-order valence-electron chi connectivity index (χ1n) is 8.64. The number of aryl methyl sites for hydroxylation is 3. The summed E-state index contributed by atoms with van der Waals surface area (Å²) in [6.45, 7) is 5.88. The molecule has 0 saturated carbocycles. The van der Waals surface area contributed by atoms with Gasteiger partial charge in [0.05, 0.1) is 38.5 Å². The van der Waals surface area contributed by atoms with Crippen molar-refractivity contribution in [3.8, 4) is 17.2 Å². The van der Waals surface area contributed by atoms with Crippen molar-refractivity contribution in [3.63, 3.8) is 0 Å². The Morgan fingerprint density at radius 3 is 2.19 bits per heavy atom. The zero-order valence-electron chi connectivity index (χ0n) is 16.7. The molecule has 0 fully saturated rings. The van der Waals surface area contributed by atoms with Crippen molar-refractivity contribution in [2.24, 2.45) is 7.05 Å². The molecule has 0 radical (unpaired) electrons. The van der Waals surface area contributed by atoms with E-state index in [0.29, 0.717) is 23.1 Å². The molecule has 2 aromatic heterocycles. The number of hydrogen-bond acceptors (Lipinski definition) is 7. The van der Waals surface area contributed by atoms with E-state index in [-0.39, 0.29) is 6.04 Å². The average Bonchev–Trinajstić information content (AvgIpc) is 2.93. The van der Waals surface area contributed by atoms with Crippen LogP contribution in [0.1, 0.15) is 30.0 Å². The summed E-state index contributed by atoms with van der Waals surface area (Å²) in [6, 6.07) is 3.80. The minimum Gasteiger partial charge on any atom is -0.493 e. The van der Waals surface area contributed by atoms with Gasteiger partial charge >= 0.3 is 0 Å². The number of benzene rings is 1. The third kappa shape index (κ3) is 3.34. The number of hydrogen-bond donors (Lipinski definition) is 1. The predicted molar refractivity (Wildman–Crippen MR) is 104 cm³/mol. The summed E-state index contributed by atoms with van der Waals surface area (Å²) in [7, 11) is 6.69. The number of rotatable bonds is 6. The minimum absolute atomic E-state index is 0.0594. The van der Waals surface area contributed by atoms with Gasteiger partial charge in [0.25, 0.3) is 0 Å². The van der Waals surface area contributed by atoms with Crippen LogP contribution in [-0.4, -0.2) is 41.1 Å². The highest BCUT2D eigenvalue weighted by Gasteiger charge is 2.19. The number of nitrogens with one attached hydrogen (secondary N) is 1. The molecule has 0 aliphatic heterocycles. The van der Waals surface area contributed by atoms with Crippen LogP contribution in [0.25, 0.3) is 11.0 Å². The van der Waals surface area contributed by atoms with Crippen LogP contribution < -0.4 is 19.5 Å². The van der Waals surface area contributed by atoms with Gasteiger partial charge in [0.2, 0.25) is 5.75 Å². The Morgan fingerprint density at radius 1 is 1.00 bits per heavy atom. The van der Waals surface area contributed by atoms with Crippen LogP contribution in [-0.2, 0) is 7.05 Å². The van der Waals surface area contributed by atoms with E-state index in [0.717, 1.165) is 28.1 Å². The molecule has 0 saturated heterocycles. The van der Waals surface area contributed by atoms with Crippen LogP contribution in [0.3, 0.4) is 0 Å². The highest BCUT2D eigenvalue weighted by atomic mass is 16.5. The van der Waals surface area contributed by atoms with Gasteiger partial charge in [-0.2, -0.15) is 5.10 Å². The Morgan fingerprint density at radius 2 is 1.63 bits per heavy atom. The molecule has 144 valence electrons. The lowest BCUT2D eigenvalue weighted by Crippen LogP contribution is -2.10. The van der Waals surface area contributed by atoms with E-state index in [9.17, 15) is 0 Å². The second kappa shape index (κ2) is 7.30. The molecule has 0 aliphatic carbocycles. The number of anilines is 1. The maximum Gasteiger partial charge on any atom is 0.203 e. The van der Waals surface area contributed by atoms with Gasteiger partial charge in [-0.1, -0.05) is 0 Å². The second-order valence-corrected chi connectivity index (χ2v) is 6.35. The van der Waals surface area contributed by atoms with E-state index in [4.69, 9.17) is 14.2 Å². The van der Waals surface area contributed by atoms with Crippen LogP contribution in [0.5, 0.6) is 17.2 Å². The van der Waals surface area contributed by atoms with Gasteiger partial charge < -0.3 is 19.5 Å². The first kappa shape index (κ1) is 18.8. The fourth-order valence-electron chi connectivity index (χ4n) is 3.19. The Labute approximate surface area is 158 Å². The molecule has 1 N–H and O–H groups in total. The molecular formula is C19H25N5O3. The van der Waals surface area contributed by atoms with Gasteiger partial charge in [0.1, 0.15) is 11.6 Å². The topological polar surface area (TPSA) is 83.3 Å². The van der Waals surface area contributed by atoms with Crippen LogP contribution in [0, 0.1) is 13.8 Å². The molecule has 0 bridgehead atoms. The van der Waals surface area contributed by atoms with Crippen molar-refractivity contribution < 1.29 is 14.2 Å². The SMILES string of the molecule is COc1cc([C@H](C)Nc2nc(C)nc3c2c(C)nn3C)cc(OC)c1OC. The average molecular weight is 371 g/mol. The van der Waals surface area contributed by atoms with Crippen LogP contribution in [0.4, 0.5) is 5.82 Å². The summed E-state index contributed by atoms with van der Waals surface area (Å²) in [4.78, 5) is 9.10. The lowest BCUT2D eigenvalue weighted by atomic mass is 10.1. The summed E-state index contributed by atoms with van der Waals surface area (Å²) < 4.78 is 18.1. The standard InChI is InChI=1S/C19H25N5O3/c1-10(13-8-14(25-5)17(27-7)15(9-13)26-6)20-18-16-11(2)23-24(4)19(16)22-12(3)21-18/h8-10H,1-7H3,(H,20,21,22)/t10-/m0/s1. The van der Waals surface area contributed by atoms with Crippen molar-refractivity contribution >= 4 is 16.9 Å². The van der Waals surface area contributed by atoms with Gasteiger partial charge in [-0.05, 0) is 38.5 Å². The fourth-order valence-corrected chi connectivity index (χ4v) is 3.19. The zero-order chi connectivity index (χ0) is 19.7. The van der Waals surface area contributed by atoms with E-state index in [2.05, 4.69) is 27.3 Å². The van der Waals surface area contributed by atoms with Crippen molar-refractivity contribution in [3.05, 3.63) is 29.2 Å². The largest absolute Gasteiger partial charge is 0.493 e. The molecule has 8 heteroatoms. The summed E-state index contributed by atoms with van der Waals surface area (Å²) in [5.74, 6) is 3.23. The molecular weight excluding hydrogens is 346 g/mol. The van der Waals surface area contributed by atoms with Gasteiger partial charge in [-0.25, -0.2) is 9.97 Å². The van der Waals surface area contributed by atoms with Crippen LogP contribution in [0.15, 0.2) is 12.1 Å². The van der Waals surface area contributed by atoms with E-state index < -0.39 is 0 Å². The maximum absolute atomic E-state index is 5.46. The molecule has 1 atom stereocenters. The van der Waals surface area contributed by atoms with Crippen LogP contribution in [0.2, 0.25) is 0 Å².